The molecule has 0 saturated heterocycles. The molecule has 0 bridgehead atoms. The molecule has 3 aromatic heterocycles. The highest BCUT2D eigenvalue weighted by Gasteiger charge is 2.14. The van der Waals surface area contributed by atoms with E-state index in [4.69, 9.17) is 0 Å². The second-order valence-corrected chi connectivity index (χ2v) is 6.88. The van der Waals surface area contributed by atoms with Crippen molar-refractivity contribution in [2.24, 2.45) is 0 Å². The Bertz CT molecular complexity index is 1070. The lowest BCUT2D eigenvalue weighted by atomic mass is 10.2. The Hall–Kier alpha value is -3.06. The van der Waals surface area contributed by atoms with Gasteiger partial charge in [0.2, 0.25) is 0 Å². The second kappa shape index (κ2) is 6.68. The minimum absolute atomic E-state index is 0.157. The van der Waals surface area contributed by atoms with Crippen LogP contribution in [0.2, 0.25) is 0 Å². The Labute approximate surface area is 153 Å². The van der Waals surface area contributed by atoms with Crippen molar-refractivity contribution >= 4 is 22.2 Å². The number of pyridine rings is 1. The quantitative estimate of drug-likeness (QED) is 0.597. The van der Waals surface area contributed by atoms with Crippen molar-refractivity contribution in [3.8, 4) is 11.3 Å². The first kappa shape index (κ1) is 16.4. The van der Waals surface area contributed by atoms with Crippen molar-refractivity contribution in [3.05, 3.63) is 76.9 Å². The second-order valence-electron chi connectivity index (χ2n) is 5.82. The van der Waals surface area contributed by atoms with E-state index in [1.165, 1.54) is 23.5 Å². The molecule has 0 spiro atoms. The van der Waals surface area contributed by atoms with Crippen molar-refractivity contribution < 1.29 is 9.18 Å². The van der Waals surface area contributed by atoms with Gasteiger partial charge < -0.3 is 5.32 Å². The SMILES string of the molecule is Cc1c(CNC(=O)c2cccnc2)sc2nc(-c3ccc(F)cc3)cn12. The van der Waals surface area contributed by atoms with Crippen LogP contribution in [0.1, 0.15) is 20.9 Å². The third kappa shape index (κ3) is 3.09. The number of halogens is 1. The summed E-state index contributed by atoms with van der Waals surface area (Å²) >= 11 is 1.53. The number of amides is 1. The van der Waals surface area contributed by atoms with E-state index in [1.54, 1.807) is 36.7 Å². The van der Waals surface area contributed by atoms with E-state index in [-0.39, 0.29) is 11.7 Å². The summed E-state index contributed by atoms with van der Waals surface area (Å²) in [5, 5.41) is 2.91. The van der Waals surface area contributed by atoms with Crippen LogP contribution in [0.3, 0.4) is 0 Å². The lowest BCUT2D eigenvalue weighted by Gasteiger charge is -2.04. The number of carbonyl (C=O) groups excluding carboxylic acids is 1. The number of rotatable bonds is 4. The molecule has 0 aliphatic heterocycles. The molecule has 7 heteroatoms. The molecule has 0 aliphatic rings. The molecule has 4 rings (SSSR count). The van der Waals surface area contributed by atoms with Gasteiger partial charge in [0.25, 0.3) is 5.91 Å². The third-order valence-corrected chi connectivity index (χ3v) is 5.28. The molecule has 26 heavy (non-hydrogen) atoms. The van der Waals surface area contributed by atoms with Crippen molar-refractivity contribution in [2.45, 2.75) is 13.5 Å². The summed E-state index contributed by atoms with van der Waals surface area (Å²) in [7, 11) is 0. The molecular weight excluding hydrogens is 351 g/mol. The average molecular weight is 366 g/mol. The highest BCUT2D eigenvalue weighted by Crippen LogP contribution is 2.27. The van der Waals surface area contributed by atoms with Crippen molar-refractivity contribution in [2.75, 3.05) is 0 Å². The van der Waals surface area contributed by atoms with Gasteiger partial charge in [-0.3, -0.25) is 14.2 Å². The van der Waals surface area contributed by atoms with Gasteiger partial charge in [0.15, 0.2) is 4.96 Å². The van der Waals surface area contributed by atoms with Crippen LogP contribution in [0.4, 0.5) is 4.39 Å². The summed E-state index contributed by atoms with van der Waals surface area (Å²) in [6.45, 7) is 2.42. The molecule has 0 fully saturated rings. The van der Waals surface area contributed by atoms with E-state index >= 15 is 0 Å². The molecule has 1 N–H and O–H groups in total. The predicted molar refractivity (Wildman–Crippen MR) is 98.6 cm³/mol. The van der Waals surface area contributed by atoms with Crippen LogP contribution in [-0.2, 0) is 6.54 Å². The summed E-state index contributed by atoms with van der Waals surface area (Å²) in [5.41, 5.74) is 3.22. The Kier molecular flexibility index (Phi) is 4.22. The first-order chi connectivity index (χ1) is 12.6. The lowest BCUT2D eigenvalue weighted by Crippen LogP contribution is -2.22. The predicted octanol–water partition coefficient (Wildman–Crippen LogP) is 3.84. The first-order valence-corrected chi connectivity index (χ1v) is 8.85. The first-order valence-electron chi connectivity index (χ1n) is 8.03. The molecule has 130 valence electrons. The third-order valence-electron chi connectivity index (χ3n) is 4.13. The monoisotopic (exact) mass is 366 g/mol. The topological polar surface area (TPSA) is 59.3 Å². The zero-order valence-electron chi connectivity index (χ0n) is 13.9. The maximum atomic E-state index is 13.1. The number of nitrogens with one attached hydrogen (secondary N) is 1. The van der Waals surface area contributed by atoms with Crippen LogP contribution in [0.15, 0.2) is 55.0 Å². The fourth-order valence-electron chi connectivity index (χ4n) is 2.68. The number of thiazole rings is 1. The lowest BCUT2D eigenvalue weighted by molar-refractivity contribution is 0.0951. The number of benzene rings is 1. The Morgan fingerprint density at radius 3 is 2.77 bits per heavy atom. The highest BCUT2D eigenvalue weighted by molar-refractivity contribution is 7.17. The number of carbonyl (C=O) groups is 1. The summed E-state index contributed by atoms with van der Waals surface area (Å²) in [4.78, 5) is 22.6. The van der Waals surface area contributed by atoms with E-state index < -0.39 is 0 Å². The van der Waals surface area contributed by atoms with Gasteiger partial charge in [-0.05, 0) is 43.3 Å². The molecule has 0 saturated carbocycles. The smallest absolute Gasteiger partial charge is 0.253 e. The van der Waals surface area contributed by atoms with Crippen molar-refractivity contribution in [1.82, 2.24) is 19.7 Å². The van der Waals surface area contributed by atoms with Gasteiger partial charge in [-0.2, -0.15) is 0 Å². The summed E-state index contributed by atoms with van der Waals surface area (Å²) < 4.78 is 15.1. The molecule has 5 nitrogen and oxygen atoms in total. The van der Waals surface area contributed by atoms with Crippen molar-refractivity contribution in [3.63, 3.8) is 0 Å². The summed E-state index contributed by atoms with van der Waals surface area (Å²) in [6.07, 6.45) is 5.10. The van der Waals surface area contributed by atoms with Crippen LogP contribution in [0, 0.1) is 12.7 Å². The van der Waals surface area contributed by atoms with Gasteiger partial charge in [0.05, 0.1) is 17.8 Å². The molecule has 0 unspecified atom stereocenters. The fourth-order valence-corrected chi connectivity index (χ4v) is 3.72. The minimum Gasteiger partial charge on any atom is -0.347 e. The largest absolute Gasteiger partial charge is 0.347 e. The molecule has 4 aromatic rings. The normalized spacial score (nSPS) is 11.0. The van der Waals surface area contributed by atoms with Gasteiger partial charge in [-0.25, -0.2) is 9.37 Å². The number of fused-ring (bicyclic) bond motifs is 1. The van der Waals surface area contributed by atoms with Crippen LogP contribution in [0.5, 0.6) is 0 Å². The standard InChI is InChI=1S/C19H15FN4OS/c1-12-17(10-22-18(25)14-3-2-8-21-9-14)26-19-23-16(11-24(12)19)13-4-6-15(20)7-5-13/h2-9,11H,10H2,1H3,(H,22,25). The molecule has 0 atom stereocenters. The maximum Gasteiger partial charge on any atom is 0.253 e. The molecule has 3 heterocycles. The minimum atomic E-state index is -0.266. The van der Waals surface area contributed by atoms with Gasteiger partial charge in [0.1, 0.15) is 5.82 Å². The number of hydrogen-bond acceptors (Lipinski definition) is 4. The zero-order valence-corrected chi connectivity index (χ0v) is 14.8. The average Bonchev–Trinajstić information content (AvgIpc) is 3.20. The van der Waals surface area contributed by atoms with Crippen LogP contribution < -0.4 is 5.32 Å². The van der Waals surface area contributed by atoms with E-state index in [2.05, 4.69) is 15.3 Å². The molecule has 1 aromatic carbocycles. The number of aryl methyl sites for hydroxylation is 1. The van der Waals surface area contributed by atoms with Gasteiger partial charge in [0, 0.05) is 34.7 Å². The summed E-state index contributed by atoms with van der Waals surface area (Å²) in [5.74, 6) is -0.423. The molecule has 1 amide bonds. The fraction of sp³-hybridized carbons (Fsp3) is 0.105. The van der Waals surface area contributed by atoms with E-state index in [0.29, 0.717) is 12.1 Å². The Morgan fingerprint density at radius 2 is 2.08 bits per heavy atom. The molecular formula is C19H15FN4OS. The number of nitrogens with zero attached hydrogens (tertiary/aromatic N) is 3. The molecule has 0 radical (unpaired) electrons. The number of imidazole rings is 1. The maximum absolute atomic E-state index is 13.1. The van der Waals surface area contributed by atoms with Crippen LogP contribution in [-0.4, -0.2) is 20.3 Å². The molecule has 0 aliphatic carbocycles. The van der Waals surface area contributed by atoms with Crippen molar-refractivity contribution in [1.29, 1.82) is 0 Å². The number of hydrogen-bond donors (Lipinski definition) is 1. The highest BCUT2D eigenvalue weighted by atomic mass is 32.1. The zero-order chi connectivity index (χ0) is 18.1. The van der Waals surface area contributed by atoms with Gasteiger partial charge >= 0.3 is 0 Å². The van der Waals surface area contributed by atoms with E-state index in [0.717, 1.165) is 26.8 Å². The Balaban J connectivity index is 1.54. The number of aromatic nitrogens is 3. The van der Waals surface area contributed by atoms with E-state index in [9.17, 15) is 9.18 Å². The van der Waals surface area contributed by atoms with Crippen LogP contribution in [0.25, 0.3) is 16.2 Å². The Morgan fingerprint density at radius 1 is 1.27 bits per heavy atom. The summed E-state index contributed by atoms with van der Waals surface area (Å²) in [6, 6.07) is 9.74. The van der Waals surface area contributed by atoms with Gasteiger partial charge in [-0.15, -0.1) is 0 Å². The van der Waals surface area contributed by atoms with Crippen LogP contribution >= 0.6 is 11.3 Å². The van der Waals surface area contributed by atoms with Gasteiger partial charge in [-0.1, -0.05) is 11.3 Å². The van der Waals surface area contributed by atoms with E-state index in [1.807, 2.05) is 17.5 Å².